The average molecular weight is 427 g/mol. The molecule has 168 valence electrons. The van der Waals surface area contributed by atoms with E-state index in [1.807, 2.05) is 39.0 Å². The molecule has 0 bridgehead atoms. The van der Waals surface area contributed by atoms with E-state index < -0.39 is 0 Å². The van der Waals surface area contributed by atoms with Gasteiger partial charge in [-0.3, -0.25) is 9.69 Å². The average Bonchev–Trinajstić information content (AvgIpc) is 2.74. The highest BCUT2D eigenvalue weighted by Gasteiger charge is 2.28. The number of piperidine rings is 1. The summed E-state index contributed by atoms with van der Waals surface area (Å²) in [6.45, 7) is 11.9. The quantitative estimate of drug-likeness (QED) is 0.644. The monoisotopic (exact) mass is 426 g/mol. The predicted octanol–water partition coefficient (Wildman–Crippen LogP) is 4.11. The van der Waals surface area contributed by atoms with Crippen LogP contribution < -0.4 is 5.32 Å². The van der Waals surface area contributed by atoms with Gasteiger partial charge < -0.3 is 15.2 Å². The molecule has 7 heteroatoms. The molecule has 1 fully saturated rings. The van der Waals surface area contributed by atoms with E-state index in [-0.39, 0.29) is 23.8 Å². The maximum atomic E-state index is 12.1. The number of ether oxygens (including phenoxy) is 1. The SMILES string of the molecule is CCOC(=O)C(C)N1CCC[C@@H](Nc2cc(C)c(-c3ccc(C(C)C)cc3O)nn2)C1. The van der Waals surface area contributed by atoms with Gasteiger partial charge in [0.1, 0.15) is 17.6 Å². The summed E-state index contributed by atoms with van der Waals surface area (Å²) in [4.78, 5) is 14.2. The van der Waals surface area contributed by atoms with Crippen LogP contribution >= 0.6 is 0 Å². The Labute approximate surface area is 184 Å². The fourth-order valence-corrected chi connectivity index (χ4v) is 4.03. The first-order valence-corrected chi connectivity index (χ1v) is 11.1. The first kappa shape index (κ1) is 23.0. The van der Waals surface area contributed by atoms with Crippen molar-refractivity contribution in [3.63, 3.8) is 0 Å². The number of anilines is 1. The largest absolute Gasteiger partial charge is 0.507 e. The summed E-state index contributed by atoms with van der Waals surface area (Å²) in [6.07, 6.45) is 2.01. The molecule has 2 N–H and O–H groups in total. The van der Waals surface area contributed by atoms with Gasteiger partial charge in [-0.05, 0) is 75.4 Å². The highest BCUT2D eigenvalue weighted by Crippen LogP contribution is 2.33. The van der Waals surface area contributed by atoms with Crippen molar-refractivity contribution in [3.05, 3.63) is 35.4 Å². The lowest BCUT2D eigenvalue weighted by Gasteiger charge is -2.36. The molecular formula is C24H34N4O3. The van der Waals surface area contributed by atoms with E-state index >= 15 is 0 Å². The van der Waals surface area contributed by atoms with Crippen molar-refractivity contribution in [2.45, 2.75) is 65.5 Å². The number of hydrogen-bond donors (Lipinski definition) is 2. The first-order valence-electron chi connectivity index (χ1n) is 11.1. The second-order valence-corrected chi connectivity index (χ2v) is 8.60. The molecule has 1 aromatic heterocycles. The van der Waals surface area contributed by atoms with E-state index in [0.29, 0.717) is 29.6 Å². The van der Waals surface area contributed by atoms with Crippen molar-refractivity contribution in [2.24, 2.45) is 0 Å². The summed E-state index contributed by atoms with van der Waals surface area (Å²) in [5, 5.41) is 22.7. The maximum absolute atomic E-state index is 12.1. The Morgan fingerprint density at radius 3 is 2.71 bits per heavy atom. The molecule has 1 aliphatic heterocycles. The van der Waals surface area contributed by atoms with Gasteiger partial charge in [0.15, 0.2) is 0 Å². The molecule has 31 heavy (non-hydrogen) atoms. The number of esters is 1. The lowest BCUT2D eigenvalue weighted by atomic mass is 9.98. The summed E-state index contributed by atoms with van der Waals surface area (Å²) < 4.78 is 5.17. The molecule has 2 aromatic rings. The number of aromatic nitrogens is 2. The van der Waals surface area contributed by atoms with E-state index in [1.165, 1.54) is 0 Å². The number of nitrogens with one attached hydrogen (secondary N) is 1. The summed E-state index contributed by atoms with van der Waals surface area (Å²) in [7, 11) is 0. The lowest BCUT2D eigenvalue weighted by molar-refractivity contribution is -0.149. The number of hydrogen-bond acceptors (Lipinski definition) is 7. The van der Waals surface area contributed by atoms with Crippen molar-refractivity contribution >= 4 is 11.8 Å². The molecule has 2 atom stereocenters. The Balaban J connectivity index is 1.70. The number of nitrogens with zero attached hydrogens (tertiary/aromatic N) is 3. The summed E-state index contributed by atoms with van der Waals surface area (Å²) in [5.41, 5.74) is 3.40. The maximum Gasteiger partial charge on any atom is 0.323 e. The molecule has 1 saturated heterocycles. The third-order valence-corrected chi connectivity index (χ3v) is 5.91. The van der Waals surface area contributed by atoms with Crippen LogP contribution in [0.5, 0.6) is 5.75 Å². The molecule has 0 saturated carbocycles. The van der Waals surface area contributed by atoms with Crippen LogP contribution in [0, 0.1) is 6.92 Å². The summed E-state index contributed by atoms with van der Waals surface area (Å²) in [6, 6.07) is 7.62. The molecule has 1 unspecified atom stereocenters. The van der Waals surface area contributed by atoms with Crippen LogP contribution in [-0.2, 0) is 9.53 Å². The van der Waals surface area contributed by atoms with Crippen LogP contribution in [0.2, 0.25) is 0 Å². The number of phenolic OH excluding ortho intramolecular Hbond substituents is 1. The number of rotatable bonds is 7. The van der Waals surface area contributed by atoms with Crippen LogP contribution in [0.3, 0.4) is 0 Å². The van der Waals surface area contributed by atoms with Gasteiger partial charge in [-0.2, -0.15) is 0 Å². The van der Waals surface area contributed by atoms with Crippen LogP contribution in [0.15, 0.2) is 24.3 Å². The first-order chi connectivity index (χ1) is 14.8. The van der Waals surface area contributed by atoms with Gasteiger partial charge in [0.25, 0.3) is 0 Å². The van der Waals surface area contributed by atoms with Gasteiger partial charge in [-0.15, -0.1) is 10.2 Å². The highest BCUT2D eigenvalue weighted by atomic mass is 16.5. The standard InChI is InChI=1S/C24H34N4O3/c1-6-31-24(30)17(5)28-11-7-8-19(14-28)25-22-12-16(4)23(27-26-22)20-10-9-18(15(2)3)13-21(20)29/h9-10,12-13,15,17,19,29H,6-8,11,14H2,1-5H3,(H,25,26)/t17?,19-/m1/s1. The summed E-state index contributed by atoms with van der Waals surface area (Å²) in [5.74, 6) is 1.10. The molecule has 1 aromatic carbocycles. The minimum atomic E-state index is -0.253. The zero-order valence-electron chi connectivity index (χ0n) is 19.2. The number of likely N-dealkylation sites (tertiary alicyclic amines) is 1. The minimum absolute atomic E-state index is 0.175. The summed E-state index contributed by atoms with van der Waals surface area (Å²) >= 11 is 0. The third kappa shape index (κ3) is 5.53. The van der Waals surface area contributed by atoms with E-state index in [9.17, 15) is 9.90 Å². The molecule has 7 nitrogen and oxygen atoms in total. The fraction of sp³-hybridized carbons (Fsp3) is 0.542. The molecule has 0 aliphatic carbocycles. The van der Waals surface area contributed by atoms with Crippen molar-refractivity contribution in [1.82, 2.24) is 15.1 Å². The van der Waals surface area contributed by atoms with Crippen molar-refractivity contribution in [2.75, 3.05) is 25.0 Å². The number of carbonyl (C=O) groups excluding carboxylic acids is 1. The topological polar surface area (TPSA) is 87.6 Å². The van der Waals surface area contributed by atoms with Crippen LogP contribution in [0.4, 0.5) is 5.82 Å². The number of benzene rings is 1. The van der Waals surface area contributed by atoms with Crippen molar-refractivity contribution in [3.8, 4) is 17.0 Å². The molecule has 3 rings (SSSR count). The van der Waals surface area contributed by atoms with E-state index in [0.717, 1.165) is 37.1 Å². The van der Waals surface area contributed by atoms with Gasteiger partial charge in [-0.1, -0.05) is 19.9 Å². The van der Waals surface area contributed by atoms with Gasteiger partial charge in [0, 0.05) is 18.2 Å². The van der Waals surface area contributed by atoms with Gasteiger partial charge >= 0.3 is 5.97 Å². The van der Waals surface area contributed by atoms with Crippen molar-refractivity contribution in [1.29, 1.82) is 0 Å². The van der Waals surface area contributed by atoms with Crippen molar-refractivity contribution < 1.29 is 14.6 Å². The second kappa shape index (κ2) is 10.1. The Hall–Kier alpha value is -2.67. The molecule has 1 aliphatic rings. The Morgan fingerprint density at radius 2 is 2.06 bits per heavy atom. The van der Waals surface area contributed by atoms with E-state index in [4.69, 9.17) is 4.74 Å². The third-order valence-electron chi connectivity index (χ3n) is 5.91. The number of aromatic hydroxyl groups is 1. The van der Waals surface area contributed by atoms with Crippen LogP contribution in [0.25, 0.3) is 11.3 Å². The van der Waals surface area contributed by atoms with Gasteiger partial charge in [-0.25, -0.2) is 0 Å². The van der Waals surface area contributed by atoms with E-state index in [1.54, 1.807) is 6.07 Å². The zero-order valence-corrected chi connectivity index (χ0v) is 19.2. The fourth-order valence-electron chi connectivity index (χ4n) is 4.03. The Kier molecular flexibility index (Phi) is 7.49. The minimum Gasteiger partial charge on any atom is -0.507 e. The Morgan fingerprint density at radius 1 is 1.29 bits per heavy atom. The molecule has 0 amide bonds. The van der Waals surface area contributed by atoms with Gasteiger partial charge in [0.2, 0.25) is 0 Å². The van der Waals surface area contributed by atoms with Gasteiger partial charge in [0.05, 0.1) is 12.3 Å². The molecule has 0 radical (unpaired) electrons. The normalized spacial score (nSPS) is 18.1. The lowest BCUT2D eigenvalue weighted by Crippen LogP contribution is -2.49. The number of phenols is 1. The number of carbonyl (C=O) groups is 1. The number of aryl methyl sites for hydroxylation is 1. The van der Waals surface area contributed by atoms with E-state index in [2.05, 4.69) is 34.3 Å². The highest BCUT2D eigenvalue weighted by molar-refractivity contribution is 5.75. The molecule has 2 heterocycles. The molecule has 0 spiro atoms. The molecular weight excluding hydrogens is 392 g/mol. The Bertz CT molecular complexity index is 916. The zero-order chi connectivity index (χ0) is 22.5. The second-order valence-electron chi connectivity index (χ2n) is 8.60. The predicted molar refractivity (Wildman–Crippen MR) is 122 cm³/mol. The van der Waals surface area contributed by atoms with Crippen LogP contribution in [0.1, 0.15) is 57.6 Å². The van der Waals surface area contributed by atoms with Crippen LogP contribution in [-0.4, -0.2) is 58.0 Å². The smallest absolute Gasteiger partial charge is 0.323 e.